The lowest BCUT2D eigenvalue weighted by Crippen LogP contribution is -2.22. The lowest BCUT2D eigenvalue weighted by Gasteiger charge is -2.20. The van der Waals surface area contributed by atoms with E-state index in [1.54, 1.807) is 37.3 Å². The highest BCUT2D eigenvalue weighted by Crippen LogP contribution is 2.32. The summed E-state index contributed by atoms with van der Waals surface area (Å²) in [5, 5.41) is 9.56. The van der Waals surface area contributed by atoms with Crippen LogP contribution in [0, 0.1) is 0 Å². The van der Waals surface area contributed by atoms with Gasteiger partial charge in [-0.2, -0.15) is 0 Å². The normalized spacial score (nSPS) is 12.0. The second kappa shape index (κ2) is 8.85. The van der Waals surface area contributed by atoms with Gasteiger partial charge in [0, 0.05) is 15.1 Å². The van der Waals surface area contributed by atoms with E-state index in [2.05, 4.69) is 26.1 Å². The van der Waals surface area contributed by atoms with E-state index in [1.807, 2.05) is 36.4 Å². The summed E-state index contributed by atoms with van der Waals surface area (Å²) in [4.78, 5) is 14.2. The van der Waals surface area contributed by atoms with E-state index in [0.717, 1.165) is 15.5 Å². The predicted molar refractivity (Wildman–Crippen MR) is 118 cm³/mol. The highest BCUT2D eigenvalue weighted by Gasteiger charge is 2.26. The number of ether oxygens (including phenoxy) is 2. The molecule has 0 aliphatic carbocycles. The fraction of sp³-hybridized carbons (Fsp3) is 0.136. The molecule has 0 aliphatic heterocycles. The molecule has 6 nitrogen and oxygen atoms in total. The van der Waals surface area contributed by atoms with Crippen molar-refractivity contribution in [3.05, 3.63) is 81.8 Å². The lowest BCUT2D eigenvalue weighted by atomic mass is 10.1. The number of rotatable bonds is 6. The Hall–Kier alpha value is -2.90. The van der Waals surface area contributed by atoms with Gasteiger partial charge in [0.25, 0.3) is 0 Å². The van der Waals surface area contributed by atoms with Crippen LogP contribution < -0.4 is 4.74 Å². The van der Waals surface area contributed by atoms with E-state index in [-0.39, 0.29) is 6.61 Å². The maximum absolute atomic E-state index is 12.7. The summed E-state index contributed by atoms with van der Waals surface area (Å²) in [6.07, 6.45) is -0.992. The molecule has 0 fully saturated rings. The number of hydrogen-bond acceptors (Lipinski definition) is 5. The van der Waals surface area contributed by atoms with E-state index >= 15 is 0 Å². The topological polar surface area (TPSA) is 66.2 Å². The number of benzene rings is 3. The molecule has 0 saturated carbocycles. The van der Waals surface area contributed by atoms with Gasteiger partial charge in [0.2, 0.25) is 6.10 Å². The quantitative estimate of drug-likeness (QED) is 0.336. The van der Waals surface area contributed by atoms with Gasteiger partial charge in [-0.25, -0.2) is 4.79 Å². The summed E-state index contributed by atoms with van der Waals surface area (Å²) in [5.41, 5.74) is 2.67. The first-order chi connectivity index (χ1) is 14.5. The average molecular weight is 487 g/mol. The van der Waals surface area contributed by atoms with Gasteiger partial charge in [-0.3, -0.25) is 0 Å². The standard InChI is InChI=1S/C22H17BrClN3O3/c1-2-29-22(28)21(14-6-5-7-16(24)12-14)30-20-11-10-15(23)13-19(20)27-25-17-8-3-4-9-18(17)26-27/h3-13,21H,2H2,1H3. The minimum absolute atomic E-state index is 0.235. The summed E-state index contributed by atoms with van der Waals surface area (Å²) >= 11 is 9.61. The van der Waals surface area contributed by atoms with E-state index in [9.17, 15) is 4.79 Å². The zero-order valence-corrected chi connectivity index (χ0v) is 18.3. The number of aromatic nitrogens is 3. The molecule has 1 atom stereocenters. The van der Waals surface area contributed by atoms with Gasteiger partial charge in [0.15, 0.2) is 0 Å². The third kappa shape index (κ3) is 4.32. The van der Waals surface area contributed by atoms with Crippen LogP contribution in [0.4, 0.5) is 0 Å². The Morgan fingerprint density at radius 1 is 1.07 bits per heavy atom. The molecule has 8 heteroatoms. The first kappa shape index (κ1) is 20.4. The second-order valence-corrected chi connectivity index (χ2v) is 7.75. The summed E-state index contributed by atoms with van der Waals surface area (Å²) < 4.78 is 12.2. The fourth-order valence-electron chi connectivity index (χ4n) is 2.98. The molecule has 152 valence electrons. The number of carbonyl (C=O) groups excluding carboxylic acids is 1. The fourth-order valence-corrected chi connectivity index (χ4v) is 3.53. The molecule has 0 N–H and O–H groups in total. The largest absolute Gasteiger partial charge is 0.472 e. The van der Waals surface area contributed by atoms with E-state index in [4.69, 9.17) is 21.1 Å². The van der Waals surface area contributed by atoms with Crippen LogP contribution in [-0.2, 0) is 9.53 Å². The molecular formula is C22H17BrClN3O3. The highest BCUT2D eigenvalue weighted by atomic mass is 79.9. The Morgan fingerprint density at radius 3 is 2.47 bits per heavy atom. The smallest absolute Gasteiger partial charge is 0.352 e. The lowest BCUT2D eigenvalue weighted by molar-refractivity contribution is -0.151. The minimum atomic E-state index is -0.992. The van der Waals surface area contributed by atoms with E-state index in [1.165, 1.54) is 4.80 Å². The van der Waals surface area contributed by atoms with Crippen LogP contribution in [0.15, 0.2) is 71.2 Å². The Morgan fingerprint density at radius 2 is 1.80 bits per heavy atom. The Labute approximate surface area is 186 Å². The van der Waals surface area contributed by atoms with Crippen LogP contribution >= 0.6 is 27.5 Å². The number of hydrogen-bond donors (Lipinski definition) is 0. The molecule has 4 aromatic rings. The van der Waals surface area contributed by atoms with Crippen LogP contribution in [0.2, 0.25) is 5.02 Å². The Kier molecular flexibility index (Phi) is 6.01. The zero-order valence-electron chi connectivity index (χ0n) is 16.0. The third-order valence-corrected chi connectivity index (χ3v) is 5.05. The van der Waals surface area contributed by atoms with Crippen LogP contribution in [0.25, 0.3) is 16.7 Å². The molecule has 4 rings (SSSR count). The first-order valence-corrected chi connectivity index (χ1v) is 10.4. The summed E-state index contributed by atoms with van der Waals surface area (Å²) in [6, 6.07) is 19.9. The van der Waals surface area contributed by atoms with Gasteiger partial charge < -0.3 is 9.47 Å². The molecule has 0 amide bonds. The molecule has 30 heavy (non-hydrogen) atoms. The van der Waals surface area contributed by atoms with Gasteiger partial charge in [-0.1, -0.05) is 51.8 Å². The van der Waals surface area contributed by atoms with Crippen LogP contribution in [0.5, 0.6) is 5.75 Å². The van der Waals surface area contributed by atoms with Gasteiger partial charge in [0.05, 0.1) is 6.61 Å². The molecule has 0 bridgehead atoms. The number of halogens is 2. The maximum atomic E-state index is 12.7. The Bertz CT molecular complexity index is 1180. The first-order valence-electron chi connectivity index (χ1n) is 9.26. The van der Waals surface area contributed by atoms with Crippen molar-refractivity contribution in [2.75, 3.05) is 6.61 Å². The second-order valence-electron chi connectivity index (χ2n) is 6.40. The molecule has 0 spiro atoms. The monoisotopic (exact) mass is 485 g/mol. The number of carbonyl (C=O) groups is 1. The predicted octanol–water partition coefficient (Wildman–Crippen LogP) is 5.52. The molecule has 1 heterocycles. The summed E-state index contributed by atoms with van der Waals surface area (Å²) in [7, 11) is 0. The van der Waals surface area contributed by atoms with Crippen molar-refractivity contribution < 1.29 is 14.3 Å². The van der Waals surface area contributed by atoms with Crippen molar-refractivity contribution in [3.63, 3.8) is 0 Å². The highest BCUT2D eigenvalue weighted by molar-refractivity contribution is 9.10. The van der Waals surface area contributed by atoms with Gasteiger partial charge in [-0.15, -0.1) is 15.0 Å². The van der Waals surface area contributed by atoms with Gasteiger partial charge >= 0.3 is 5.97 Å². The average Bonchev–Trinajstić information content (AvgIpc) is 3.17. The van der Waals surface area contributed by atoms with Crippen LogP contribution in [-0.4, -0.2) is 27.6 Å². The third-order valence-electron chi connectivity index (χ3n) is 4.32. The molecule has 1 unspecified atom stereocenters. The molecule has 0 aliphatic rings. The molecule has 0 saturated heterocycles. The van der Waals surface area contributed by atoms with Crippen molar-refractivity contribution in [2.24, 2.45) is 0 Å². The van der Waals surface area contributed by atoms with E-state index < -0.39 is 12.1 Å². The van der Waals surface area contributed by atoms with Crippen molar-refractivity contribution in [3.8, 4) is 11.4 Å². The van der Waals surface area contributed by atoms with Crippen LogP contribution in [0.1, 0.15) is 18.6 Å². The van der Waals surface area contributed by atoms with Crippen molar-refractivity contribution in [1.29, 1.82) is 0 Å². The van der Waals surface area contributed by atoms with Crippen molar-refractivity contribution in [2.45, 2.75) is 13.0 Å². The zero-order chi connectivity index (χ0) is 21.1. The molecule has 1 aromatic heterocycles. The van der Waals surface area contributed by atoms with Crippen molar-refractivity contribution >= 4 is 44.5 Å². The number of fused-ring (bicyclic) bond motifs is 1. The van der Waals surface area contributed by atoms with Gasteiger partial charge in [0.1, 0.15) is 22.5 Å². The van der Waals surface area contributed by atoms with Gasteiger partial charge in [-0.05, 0) is 49.4 Å². The number of nitrogens with zero attached hydrogens (tertiary/aromatic N) is 3. The number of esters is 1. The summed E-state index contributed by atoms with van der Waals surface area (Å²) in [5.74, 6) is -0.0799. The summed E-state index contributed by atoms with van der Waals surface area (Å²) in [6.45, 7) is 1.98. The van der Waals surface area contributed by atoms with E-state index in [0.29, 0.717) is 22.0 Å². The minimum Gasteiger partial charge on any atom is -0.472 e. The van der Waals surface area contributed by atoms with Crippen molar-refractivity contribution in [1.82, 2.24) is 15.0 Å². The molecular weight excluding hydrogens is 470 g/mol. The van der Waals surface area contributed by atoms with Crippen LogP contribution in [0.3, 0.4) is 0 Å². The molecule has 3 aromatic carbocycles. The maximum Gasteiger partial charge on any atom is 0.352 e. The molecule has 0 radical (unpaired) electrons. The Balaban J connectivity index is 1.77. The SMILES string of the molecule is CCOC(=O)C(Oc1ccc(Br)cc1-n1nc2ccccc2n1)c1cccc(Cl)c1.